The van der Waals surface area contributed by atoms with Gasteiger partial charge in [0, 0.05) is 11.9 Å². The van der Waals surface area contributed by atoms with Gasteiger partial charge >= 0.3 is 0 Å². The van der Waals surface area contributed by atoms with Crippen molar-refractivity contribution < 1.29 is 13.6 Å². The highest BCUT2D eigenvalue weighted by molar-refractivity contribution is 6.04. The molecule has 0 saturated heterocycles. The molecule has 1 aromatic heterocycles. The number of nitrogen functional groups attached to an aromatic ring is 1. The number of carbonyl (C=O) groups excluding carboxylic acids is 1. The first-order valence-electron chi connectivity index (χ1n) is 5.03. The number of nitrogens with zero attached hydrogens (tertiary/aromatic N) is 1. The molecule has 6 heteroatoms. The van der Waals surface area contributed by atoms with Crippen molar-refractivity contribution in [1.29, 1.82) is 0 Å². The lowest BCUT2D eigenvalue weighted by atomic mass is 10.2. The standard InChI is InChI=1S/C12H9F2N3O/c13-8-3-7(5-16-6-8)12(18)17-9-1-2-10(14)11(15)4-9/h1-6H,15H2,(H,17,18). The second-order valence-corrected chi connectivity index (χ2v) is 3.58. The van der Waals surface area contributed by atoms with Gasteiger partial charge in [0.15, 0.2) is 0 Å². The average Bonchev–Trinajstić information content (AvgIpc) is 2.34. The number of rotatable bonds is 2. The fourth-order valence-corrected chi connectivity index (χ4v) is 1.36. The van der Waals surface area contributed by atoms with Gasteiger partial charge in [-0.1, -0.05) is 0 Å². The number of nitrogens with two attached hydrogens (primary N) is 1. The van der Waals surface area contributed by atoms with Gasteiger partial charge in [-0.15, -0.1) is 0 Å². The average molecular weight is 249 g/mol. The highest BCUT2D eigenvalue weighted by atomic mass is 19.1. The van der Waals surface area contributed by atoms with Crippen LogP contribution < -0.4 is 11.1 Å². The molecule has 18 heavy (non-hydrogen) atoms. The van der Waals surface area contributed by atoms with E-state index in [1.54, 1.807) is 0 Å². The van der Waals surface area contributed by atoms with Crippen LogP contribution in [0.1, 0.15) is 10.4 Å². The summed E-state index contributed by atoms with van der Waals surface area (Å²) in [5.41, 5.74) is 5.67. The van der Waals surface area contributed by atoms with Gasteiger partial charge in [0.05, 0.1) is 17.4 Å². The number of benzene rings is 1. The Hall–Kier alpha value is -2.50. The molecule has 0 radical (unpaired) electrons. The molecule has 0 saturated carbocycles. The molecule has 0 aliphatic heterocycles. The minimum atomic E-state index is -0.610. The number of halogens is 2. The van der Waals surface area contributed by atoms with E-state index in [4.69, 9.17) is 5.73 Å². The van der Waals surface area contributed by atoms with Crippen LogP contribution in [0.4, 0.5) is 20.2 Å². The number of hydrogen-bond acceptors (Lipinski definition) is 3. The van der Waals surface area contributed by atoms with E-state index in [2.05, 4.69) is 10.3 Å². The van der Waals surface area contributed by atoms with Crippen molar-refractivity contribution in [3.8, 4) is 0 Å². The van der Waals surface area contributed by atoms with E-state index in [-0.39, 0.29) is 11.3 Å². The van der Waals surface area contributed by atoms with Crippen LogP contribution in [0.5, 0.6) is 0 Å². The molecule has 2 rings (SSSR count). The van der Waals surface area contributed by atoms with Crippen LogP contribution in [0, 0.1) is 11.6 Å². The summed E-state index contributed by atoms with van der Waals surface area (Å²) in [4.78, 5) is 15.3. The van der Waals surface area contributed by atoms with Gasteiger partial charge in [0.2, 0.25) is 0 Å². The molecule has 0 atom stereocenters. The molecule has 2 aromatic rings. The number of nitrogens with one attached hydrogen (secondary N) is 1. The Morgan fingerprint density at radius 2 is 2.00 bits per heavy atom. The third-order valence-electron chi connectivity index (χ3n) is 2.22. The maximum absolute atomic E-state index is 12.9. The van der Waals surface area contributed by atoms with Crippen molar-refractivity contribution in [1.82, 2.24) is 4.98 Å². The molecule has 1 heterocycles. The van der Waals surface area contributed by atoms with Crippen molar-refractivity contribution in [3.63, 3.8) is 0 Å². The van der Waals surface area contributed by atoms with Crippen molar-refractivity contribution in [3.05, 3.63) is 53.9 Å². The Morgan fingerprint density at radius 3 is 2.67 bits per heavy atom. The van der Waals surface area contributed by atoms with Crippen LogP contribution >= 0.6 is 0 Å². The zero-order valence-electron chi connectivity index (χ0n) is 9.15. The van der Waals surface area contributed by atoms with Crippen LogP contribution in [0.2, 0.25) is 0 Å². The Kier molecular flexibility index (Phi) is 3.18. The largest absolute Gasteiger partial charge is 0.396 e. The van der Waals surface area contributed by atoms with Gasteiger partial charge in [0.1, 0.15) is 11.6 Å². The first-order chi connectivity index (χ1) is 8.56. The summed E-state index contributed by atoms with van der Waals surface area (Å²) < 4.78 is 25.8. The molecule has 0 aliphatic rings. The second kappa shape index (κ2) is 4.79. The van der Waals surface area contributed by atoms with Gasteiger partial charge in [0.25, 0.3) is 5.91 Å². The number of carbonyl (C=O) groups is 1. The monoisotopic (exact) mass is 249 g/mol. The molecule has 1 aromatic carbocycles. The smallest absolute Gasteiger partial charge is 0.257 e. The SMILES string of the molecule is Nc1cc(NC(=O)c2cncc(F)c2)ccc1F. The van der Waals surface area contributed by atoms with Crippen molar-refractivity contribution >= 4 is 17.3 Å². The Balaban J connectivity index is 2.18. The van der Waals surface area contributed by atoms with E-state index < -0.39 is 17.5 Å². The van der Waals surface area contributed by atoms with E-state index in [1.807, 2.05) is 0 Å². The fraction of sp³-hybridized carbons (Fsp3) is 0. The maximum Gasteiger partial charge on any atom is 0.257 e. The van der Waals surface area contributed by atoms with Crippen LogP contribution in [0.3, 0.4) is 0 Å². The van der Waals surface area contributed by atoms with E-state index in [0.717, 1.165) is 18.3 Å². The predicted molar refractivity (Wildman–Crippen MR) is 63.0 cm³/mol. The summed E-state index contributed by atoms with van der Waals surface area (Å²) in [6.45, 7) is 0. The Labute approximate surface area is 101 Å². The second-order valence-electron chi connectivity index (χ2n) is 3.58. The van der Waals surface area contributed by atoms with Gasteiger partial charge in [-0.25, -0.2) is 8.78 Å². The zero-order valence-corrected chi connectivity index (χ0v) is 9.15. The van der Waals surface area contributed by atoms with Crippen LogP contribution in [0.15, 0.2) is 36.7 Å². The number of aromatic nitrogens is 1. The molecule has 0 fully saturated rings. The Bertz CT molecular complexity index is 602. The predicted octanol–water partition coefficient (Wildman–Crippen LogP) is 2.19. The van der Waals surface area contributed by atoms with Gasteiger partial charge in [-0.3, -0.25) is 9.78 Å². The number of hydrogen-bond donors (Lipinski definition) is 2. The molecule has 0 aliphatic carbocycles. The topological polar surface area (TPSA) is 68.0 Å². The molecule has 3 N–H and O–H groups in total. The minimum absolute atomic E-state index is 0.0675. The first kappa shape index (κ1) is 12.0. The van der Waals surface area contributed by atoms with Crippen LogP contribution in [-0.4, -0.2) is 10.9 Å². The van der Waals surface area contributed by atoms with Gasteiger partial charge < -0.3 is 11.1 Å². The van der Waals surface area contributed by atoms with E-state index in [9.17, 15) is 13.6 Å². The van der Waals surface area contributed by atoms with Crippen molar-refractivity contribution in [2.45, 2.75) is 0 Å². The molecule has 0 bridgehead atoms. The summed E-state index contributed by atoms with van der Waals surface area (Å²) in [7, 11) is 0. The first-order valence-corrected chi connectivity index (χ1v) is 5.03. The Morgan fingerprint density at radius 1 is 1.22 bits per heavy atom. The van der Waals surface area contributed by atoms with Crippen molar-refractivity contribution in [2.75, 3.05) is 11.1 Å². The molecule has 0 spiro atoms. The van der Waals surface area contributed by atoms with Gasteiger partial charge in [-0.2, -0.15) is 0 Å². The molecular weight excluding hydrogens is 240 g/mol. The van der Waals surface area contributed by atoms with E-state index in [0.29, 0.717) is 5.69 Å². The third kappa shape index (κ3) is 2.60. The number of anilines is 2. The highest BCUT2D eigenvalue weighted by Gasteiger charge is 2.08. The third-order valence-corrected chi connectivity index (χ3v) is 2.22. The zero-order chi connectivity index (χ0) is 13.1. The maximum atomic E-state index is 12.9. The molecular formula is C12H9F2N3O. The fourth-order valence-electron chi connectivity index (χ4n) is 1.36. The molecule has 0 unspecified atom stereocenters. The lowest BCUT2D eigenvalue weighted by Gasteiger charge is -2.06. The summed E-state index contributed by atoms with van der Waals surface area (Å²) in [6.07, 6.45) is 2.22. The summed E-state index contributed by atoms with van der Waals surface area (Å²) in [5.74, 6) is -1.73. The number of amides is 1. The normalized spacial score (nSPS) is 10.1. The van der Waals surface area contributed by atoms with E-state index >= 15 is 0 Å². The molecule has 92 valence electrons. The van der Waals surface area contributed by atoms with E-state index in [1.165, 1.54) is 18.3 Å². The molecule has 1 amide bonds. The quantitative estimate of drug-likeness (QED) is 0.801. The lowest BCUT2D eigenvalue weighted by Crippen LogP contribution is -2.12. The minimum Gasteiger partial charge on any atom is -0.396 e. The molecule has 4 nitrogen and oxygen atoms in total. The lowest BCUT2D eigenvalue weighted by molar-refractivity contribution is 0.102. The van der Waals surface area contributed by atoms with Crippen LogP contribution in [-0.2, 0) is 0 Å². The number of pyridine rings is 1. The summed E-state index contributed by atoms with van der Waals surface area (Å²) in [5, 5.41) is 2.46. The highest BCUT2D eigenvalue weighted by Crippen LogP contribution is 2.17. The van der Waals surface area contributed by atoms with Gasteiger partial charge in [-0.05, 0) is 24.3 Å². The van der Waals surface area contributed by atoms with Crippen molar-refractivity contribution in [2.24, 2.45) is 0 Å². The summed E-state index contributed by atoms with van der Waals surface area (Å²) in [6, 6.07) is 4.82. The summed E-state index contributed by atoms with van der Waals surface area (Å²) >= 11 is 0. The van der Waals surface area contributed by atoms with Crippen LogP contribution in [0.25, 0.3) is 0 Å².